The summed E-state index contributed by atoms with van der Waals surface area (Å²) >= 11 is 13.7. The zero-order chi connectivity index (χ0) is 9.14. The first-order valence-electron chi connectivity index (χ1n) is 3.18. The van der Waals surface area contributed by atoms with E-state index in [1.54, 1.807) is 6.07 Å². The molecule has 0 aliphatic heterocycles. The number of rotatable bonds is 1. The molecule has 0 bridgehead atoms. The lowest BCUT2D eigenvalue weighted by Gasteiger charge is -2.00. The van der Waals surface area contributed by atoms with Crippen molar-refractivity contribution in [3.63, 3.8) is 0 Å². The third kappa shape index (κ3) is 2.14. The van der Waals surface area contributed by atoms with Gasteiger partial charge in [-0.1, -0.05) is 11.6 Å². The number of hydrogen-bond donors (Lipinski definition) is 0. The molecule has 0 fully saturated rings. The number of thiocarbonyl (C=S) groups is 1. The Kier molecular flexibility index (Phi) is 3.41. The summed E-state index contributed by atoms with van der Waals surface area (Å²) in [5.74, 6) is 0. The Bertz CT molecular complexity index is 358. The minimum absolute atomic E-state index is 0.683. The van der Waals surface area contributed by atoms with Crippen LogP contribution in [-0.2, 0) is 0 Å². The summed E-state index contributed by atoms with van der Waals surface area (Å²) < 4.78 is 0.877. The average Bonchev–Trinajstić information content (AvgIpc) is 2.01. The summed E-state index contributed by atoms with van der Waals surface area (Å²) in [6, 6.07) is 3.65. The van der Waals surface area contributed by atoms with Gasteiger partial charge in [-0.15, -0.1) is 0 Å². The van der Waals surface area contributed by atoms with Crippen molar-refractivity contribution in [3.8, 4) is 0 Å². The van der Waals surface area contributed by atoms with Crippen LogP contribution in [0.1, 0.15) is 5.56 Å². The number of aryl methyl sites for hydroxylation is 1. The molecule has 0 radical (unpaired) electrons. The van der Waals surface area contributed by atoms with Gasteiger partial charge in [0.1, 0.15) is 0 Å². The predicted molar refractivity (Wildman–Crippen MR) is 58.6 cm³/mol. The van der Waals surface area contributed by atoms with Crippen LogP contribution >= 0.6 is 39.7 Å². The Morgan fingerprint density at radius 3 is 2.83 bits per heavy atom. The molecular weight excluding hydrogens is 258 g/mol. The van der Waals surface area contributed by atoms with Crippen LogP contribution in [0, 0.1) is 6.92 Å². The van der Waals surface area contributed by atoms with E-state index < -0.39 is 0 Å². The molecule has 0 aliphatic carbocycles. The van der Waals surface area contributed by atoms with Gasteiger partial charge in [-0.05, 0) is 52.8 Å². The van der Waals surface area contributed by atoms with E-state index in [1.165, 1.54) is 0 Å². The molecule has 0 N–H and O–H groups in total. The Balaban J connectivity index is 3.32. The van der Waals surface area contributed by atoms with Crippen LogP contribution < -0.4 is 0 Å². The summed E-state index contributed by atoms with van der Waals surface area (Å²) in [5, 5.41) is 2.97. The fraction of sp³-hybridized carbons (Fsp3) is 0.125. The third-order valence-corrected chi connectivity index (χ3v) is 2.53. The molecule has 1 nitrogen and oxygen atoms in total. The van der Waals surface area contributed by atoms with Crippen LogP contribution in [0.3, 0.4) is 0 Å². The topological polar surface area (TPSA) is 12.4 Å². The van der Waals surface area contributed by atoms with Crippen molar-refractivity contribution in [2.24, 2.45) is 4.99 Å². The normalized spacial score (nSPS) is 9.25. The maximum absolute atomic E-state index is 5.88. The number of benzene rings is 1. The fourth-order valence-corrected chi connectivity index (χ4v) is 1.57. The van der Waals surface area contributed by atoms with E-state index in [4.69, 9.17) is 11.6 Å². The van der Waals surface area contributed by atoms with Crippen LogP contribution in [-0.4, -0.2) is 5.16 Å². The van der Waals surface area contributed by atoms with E-state index >= 15 is 0 Å². The maximum atomic E-state index is 5.88. The molecule has 0 spiro atoms. The van der Waals surface area contributed by atoms with Gasteiger partial charge in [-0.3, -0.25) is 0 Å². The summed E-state index contributed by atoms with van der Waals surface area (Å²) in [4.78, 5) is 3.84. The second-order valence-electron chi connectivity index (χ2n) is 2.26. The van der Waals surface area contributed by atoms with E-state index in [9.17, 15) is 0 Å². The summed E-state index contributed by atoms with van der Waals surface area (Å²) in [7, 11) is 0. The SMILES string of the molecule is Cc1cc(Br)c(N=C=S)cc1Cl. The lowest BCUT2D eigenvalue weighted by molar-refractivity contribution is 1.42. The lowest BCUT2D eigenvalue weighted by atomic mass is 10.2. The van der Waals surface area contributed by atoms with Crippen molar-refractivity contribution in [1.82, 2.24) is 0 Å². The first-order valence-corrected chi connectivity index (χ1v) is 4.76. The van der Waals surface area contributed by atoms with Gasteiger partial charge in [0.25, 0.3) is 0 Å². The molecule has 12 heavy (non-hydrogen) atoms. The first-order chi connectivity index (χ1) is 5.65. The van der Waals surface area contributed by atoms with Gasteiger partial charge in [0, 0.05) is 9.50 Å². The highest BCUT2D eigenvalue weighted by molar-refractivity contribution is 9.10. The van der Waals surface area contributed by atoms with Crippen LogP contribution in [0.4, 0.5) is 5.69 Å². The van der Waals surface area contributed by atoms with E-state index in [0.717, 1.165) is 10.0 Å². The van der Waals surface area contributed by atoms with E-state index in [2.05, 4.69) is 38.3 Å². The molecule has 0 amide bonds. The second kappa shape index (κ2) is 4.15. The summed E-state index contributed by atoms with van der Waals surface area (Å²) in [6.45, 7) is 1.93. The van der Waals surface area contributed by atoms with Gasteiger partial charge in [-0.25, -0.2) is 0 Å². The molecule has 0 heterocycles. The highest BCUT2D eigenvalue weighted by Gasteiger charge is 2.01. The van der Waals surface area contributed by atoms with Gasteiger partial charge in [-0.2, -0.15) is 4.99 Å². The first kappa shape index (κ1) is 9.87. The van der Waals surface area contributed by atoms with Crippen molar-refractivity contribution in [3.05, 3.63) is 27.2 Å². The van der Waals surface area contributed by atoms with Crippen molar-refractivity contribution in [2.75, 3.05) is 0 Å². The van der Waals surface area contributed by atoms with E-state index in [1.807, 2.05) is 13.0 Å². The van der Waals surface area contributed by atoms with Gasteiger partial charge >= 0.3 is 0 Å². The zero-order valence-electron chi connectivity index (χ0n) is 6.27. The quantitative estimate of drug-likeness (QED) is 0.547. The van der Waals surface area contributed by atoms with Crippen molar-refractivity contribution in [1.29, 1.82) is 0 Å². The molecule has 4 heteroatoms. The summed E-state index contributed by atoms with van der Waals surface area (Å²) in [6.07, 6.45) is 0. The molecule has 0 saturated carbocycles. The van der Waals surface area contributed by atoms with Gasteiger partial charge in [0.15, 0.2) is 0 Å². The van der Waals surface area contributed by atoms with Crippen LogP contribution in [0.25, 0.3) is 0 Å². The molecule has 0 atom stereocenters. The highest BCUT2D eigenvalue weighted by atomic mass is 79.9. The number of halogens is 2. The molecule has 62 valence electrons. The molecule has 0 unspecified atom stereocenters. The van der Waals surface area contributed by atoms with Crippen molar-refractivity contribution < 1.29 is 0 Å². The van der Waals surface area contributed by atoms with Crippen molar-refractivity contribution >= 4 is 50.6 Å². The minimum Gasteiger partial charge on any atom is -0.193 e. The minimum atomic E-state index is 0.683. The lowest BCUT2D eigenvalue weighted by Crippen LogP contribution is -1.76. The predicted octanol–water partition coefficient (Wildman–Crippen LogP) is 4.15. The zero-order valence-corrected chi connectivity index (χ0v) is 9.42. The molecule has 1 rings (SSSR count). The molecule has 1 aromatic rings. The Labute approximate surface area is 89.6 Å². The number of nitrogens with zero attached hydrogens (tertiary/aromatic N) is 1. The van der Waals surface area contributed by atoms with Crippen molar-refractivity contribution in [2.45, 2.75) is 6.92 Å². The highest BCUT2D eigenvalue weighted by Crippen LogP contribution is 2.30. The number of hydrogen-bond acceptors (Lipinski definition) is 2. The summed E-state index contributed by atoms with van der Waals surface area (Å²) in [5.41, 5.74) is 1.72. The fourth-order valence-electron chi connectivity index (χ4n) is 0.771. The standard InChI is InChI=1S/C8H5BrClNS/c1-5-2-6(9)8(11-4-12)3-7(5)10/h2-3H,1H3. The van der Waals surface area contributed by atoms with Gasteiger partial charge in [0.2, 0.25) is 0 Å². The largest absolute Gasteiger partial charge is 0.193 e. The molecule has 0 aliphatic rings. The average molecular weight is 263 g/mol. The number of aliphatic imine (C=N–C) groups is 1. The number of isothiocyanates is 1. The second-order valence-corrected chi connectivity index (χ2v) is 3.70. The van der Waals surface area contributed by atoms with Gasteiger partial charge in [0.05, 0.1) is 10.8 Å². The molecule has 1 aromatic carbocycles. The Morgan fingerprint density at radius 2 is 2.25 bits per heavy atom. The maximum Gasteiger partial charge on any atom is 0.0896 e. The molecular formula is C8H5BrClNS. The Hall–Kier alpha value is -0.210. The van der Waals surface area contributed by atoms with Crippen LogP contribution in [0.5, 0.6) is 0 Å². The third-order valence-electron chi connectivity index (χ3n) is 1.39. The van der Waals surface area contributed by atoms with Gasteiger partial charge < -0.3 is 0 Å². The van der Waals surface area contributed by atoms with E-state index in [-0.39, 0.29) is 0 Å². The Morgan fingerprint density at radius 1 is 1.58 bits per heavy atom. The molecule has 0 saturated heterocycles. The monoisotopic (exact) mass is 261 g/mol. The van der Waals surface area contributed by atoms with Crippen LogP contribution in [0.15, 0.2) is 21.6 Å². The smallest absolute Gasteiger partial charge is 0.0896 e. The van der Waals surface area contributed by atoms with Crippen LogP contribution in [0.2, 0.25) is 5.02 Å². The van der Waals surface area contributed by atoms with E-state index in [0.29, 0.717) is 10.7 Å². The molecule has 0 aromatic heterocycles.